The lowest BCUT2D eigenvalue weighted by Gasteiger charge is -2.24. The molecule has 0 radical (unpaired) electrons. The minimum absolute atomic E-state index is 0.00879. The normalized spacial score (nSPS) is 11.0. The van der Waals surface area contributed by atoms with Gasteiger partial charge in [-0.3, -0.25) is 9.59 Å². The Morgan fingerprint density at radius 3 is 2.03 bits per heavy atom. The van der Waals surface area contributed by atoms with Crippen molar-refractivity contribution in [2.75, 3.05) is 11.4 Å². The summed E-state index contributed by atoms with van der Waals surface area (Å²) in [5.41, 5.74) is 2.53. The van der Waals surface area contributed by atoms with Crippen LogP contribution in [-0.4, -0.2) is 18.4 Å². The SMILES string of the molecule is CC(C)CNC(=O)Cc1ccc(N(Cc2ccc(F)cc2)C(=O)CC(C)C)cc1. The molecule has 0 atom stereocenters. The molecule has 2 amide bonds. The molecule has 0 unspecified atom stereocenters. The van der Waals surface area contributed by atoms with Crippen molar-refractivity contribution in [1.29, 1.82) is 0 Å². The van der Waals surface area contributed by atoms with Crippen LogP contribution in [0.4, 0.5) is 10.1 Å². The van der Waals surface area contributed by atoms with E-state index in [9.17, 15) is 14.0 Å². The smallest absolute Gasteiger partial charge is 0.227 e. The lowest BCUT2D eigenvalue weighted by molar-refractivity contribution is -0.121. The van der Waals surface area contributed by atoms with E-state index in [0.29, 0.717) is 31.8 Å². The molecular formula is C24H31FN2O2. The first kappa shape index (κ1) is 22.6. The second-order valence-corrected chi connectivity index (χ2v) is 8.25. The van der Waals surface area contributed by atoms with E-state index in [1.165, 1.54) is 12.1 Å². The molecule has 156 valence electrons. The Labute approximate surface area is 173 Å². The van der Waals surface area contributed by atoms with Crippen molar-refractivity contribution in [1.82, 2.24) is 5.32 Å². The molecule has 2 rings (SSSR count). The molecule has 2 aromatic carbocycles. The summed E-state index contributed by atoms with van der Waals surface area (Å²) in [6.07, 6.45) is 0.742. The molecule has 0 heterocycles. The third kappa shape index (κ3) is 7.68. The molecule has 0 aromatic heterocycles. The number of nitrogens with zero attached hydrogens (tertiary/aromatic N) is 1. The topological polar surface area (TPSA) is 49.4 Å². The largest absolute Gasteiger partial charge is 0.356 e. The fraction of sp³-hybridized carbons (Fsp3) is 0.417. The quantitative estimate of drug-likeness (QED) is 0.664. The fourth-order valence-electron chi connectivity index (χ4n) is 2.91. The van der Waals surface area contributed by atoms with Crippen molar-refractivity contribution in [2.45, 2.75) is 47.1 Å². The Morgan fingerprint density at radius 2 is 1.48 bits per heavy atom. The molecule has 0 spiro atoms. The molecule has 1 N–H and O–H groups in total. The molecule has 5 heteroatoms. The number of hydrogen-bond acceptors (Lipinski definition) is 2. The number of carbonyl (C=O) groups excluding carboxylic acids is 2. The second kappa shape index (κ2) is 10.7. The zero-order chi connectivity index (χ0) is 21.4. The molecular weight excluding hydrogens is 367 g/mol. The molecule has 0 saturated heterocycles. The number of anilines is 1. The first-order valence-electron chi connectivity index (χ1n) is 10.1. The highest BCUT2D eigenvalue weighted by Gasteiger charge is 2.18. The molecule has 0 aliphatic carbocycles. The standard InChI is InChI=1S/C24H31FN2O2/c1-17(2)13-24(29)27(16-20-5-9-21(25)10-6-20)22-11-7-19(8-12-22)14-23(28)26-15-18(3)4/h5-12,17-18H,13-16H2,1-4H3,(H,26,28). The average Bonchev–Trinajstić information content (AvgIpc) is 2.66. The monoisotopic (exact) mass is 398 g/mol. The predicted molar refractivity (Wildman–Crippen MR) is 115 cm³/mol. The van der Waals surface area contributed by atoms with Crippen molar-refractivity contribution >= 4 is 17.5 Å². The van der Waals surface area contributed by atoms with Crippen molar-refractivity contribution in [2.24, 2.45) is 11.8 Å². The molecule has 4 nitrogen and oxygen atoms in total. The van der Waals surface area contributed by atoms with Gasteiger partial charge in [-0.1, -0.05) is 52.0 Å². The van der Waals surface area contributed by atoms with Gasteiger partial charge in [0.05, 0.1) is 13.0 Å². The van der Waals surface area contributed by atoms with Gasteiger partial charge in [-0.05, 0) is 47.2 Å². The van der Waals surface area contributed by atoms with E-state index >= 15 is 0 Å². The Kier molecular flexibility index (Phi) is 8.37. The molecule has 0 fully saturated rings. The van der Waals surface area contributed by atoms with Crippen LogP contribution in [0.5, 0.6) is 0 Å². The predicted octanol–water partition coefficient (Wildman–Crippen LogP) is 4.72. The highest BCUT2D eigenvalue weighted by atomic mass is 19.1. The van der Waals surface area contributed by atoms with Crippen LogP contribution in [0, 0.1) is 17.7 Å². The van der Waals surface area contributed by atoms with Crippen LogP contribution in [0.2, 0.25) is 0 Å². The number of benzene rings is 2. The van der Waals surface area contributed by atoms with E-state index in [4.69, 9.17) is 0 Å². The van der Waals surface area contributed by atoms with Crippen LogP contribution in [0.15, 0.2) is 48.5 Å². The summed E-state index contributed by atoms with van der Waals surface area (Å²) >= 11 is 0. The maximum absolute atomic E-state index is 13.2. The second-order valence-electron chi connectivity index (χ2n) is 8.25. The minimum Gasteiger partial charge on any atom is -0.356 e. The summed E-state index contributed by atoms with van der Waals surface area (Å²) in [6.45, 7) is 9.16. The van der Waals surface area contributed by atoms with Crippen molar-refractivity contribution in [3.8, 4) is 0 Å². The summed E-state index contributed by atoms with van der Waals surface area (Å²) in [5, 5.41) is 2.91. The summed E-state index contributed by atoms with van der Waals surface area (Å²) in [4.78, 5) is 26.6. The first-order chi connectivity index (χ1) is 13.7. The van der Waals surface area contributed by atoms with Gasteiger partial charge in [0, 0.05) is 18.7 Å². The number of rotatable bonds is 9. The van der Waals surface area contributed by atoms with E-state index in [1.54, 1.807) is 17.0 Å². The van der Waals surface area contributed by atoms with Crippen LogP contribution in [-0.2, 0) is 22.6 Å². The van der Waals surface area contributed by atoms with Crippen LogP contribution in [0.1, 0.15) is 45.2 Å². The van der Waals surface area contributed by atoms with Gasteiger partial charge >= 0.3 is 0 Å². The maximum atomic E-state index is 13.2. The zero-order valence-corrected chi connectivity index (χ0v) is 17.7. The van der Waals surface area contributed by atoms with Crippen molar-refractivity contribution < 1.29 is 14.0 Å². The first-order valence-corrected chi connectivity index (χ1v) is 10.1. The molecule has 0 aliphatic rings. The van der Waals surface area contributed by atoms with E-state index in [1.807, 2.05) is 38.1 Å². The molecule has 29 heavy (non-hydrogen) atoms. The molecule has 0 bridgehead atoms. The summed E-state index contributed by atoms with van der Waals surface area (Å²) in [6, 6.07) is 13.7. The van der Waals surface area contributed by atoms with Gasteiger partial charge in [0.1, 0.15) is 5.82 Å². The summed E-state index contributed by atoms with van der Waals surface area (Å²) in [5.74, 6) is 0.363. The van der Waals surface area contributed by atoms with Gasteiger partial charge < -0.3 is 10.2 Å². The lowest BCUT2D eigenvalue weighted by atomic mass is 10.1. The third-order valence-electron chi connectivity index (χ3n) is 4.46. The number of amides is 2. The van der Waals surface area contributed by atoms with E-state index < -0.39 is 0 Å². The highest BCUT2D eigenvalue weighted by Crippen LogP contribution is 2.21. The lowest BCUT2D eigenvalue weighted by Crippen LogP contribution is -2.31. The van der Waals surface area contributed by atoms with Crippen LogP contribution >= 0.6 is 0 Å². The van der Waals surface area contributed by atoms with Gasteiger partial charge in [0.2, 0.25) is 11.8 Å². The molecule has 2 aromatic rings. The Bertz CT molecular complexity index is 799. The van der Waals surface area contributed by atoms with Gasteiger partial charge in [0.15, 0.2) is 0 Å². The molecule has 0 saturated carbocycles. The fourth-order valence-corrected chi connectivity index (χ4v) is 2.91. The Balaban J connectivity index is 2.13. The number of nitrogens with one attached hydrogen (secondary N) is 1. The van der Waals surface area contributed by atoms with Gasteiger partial charge in [-0.15, -0.1) is 0 Å². The number of hydrogen-bond donors (Lipinski definition) is 1. The maximum Gasteiger partial charge on any atom is 0.227 e. The van der Waals surface area contributed by atoms with Gasteiger partial charge in [-0.25, -0.2) is 4.39 Å². The zero-order valence-electron chi connectivity index (χ0n) is 17.7. The van der Waals surface area contributed by atoms with Crippen LogP contribution < -0.4 is 10.2 Å². The Hall–Kier alpha value is -2.69. The minimum atomic E-state index is -0.297. The summed E-state index contributed by atoms with van der Waals surface area (Å²) < 4.78 is 13.2. The van der Waals surface area contributed by atoms with E-state index in [2.05, 4.69) is 19.2 Å². The van der Waals surface area contributed by atoms with Gasteiger partial charge in [-0.2, -0.15) is 0 Å². The Morgan fingerprint density at radius 1 is 0.897 bits per heavy atom. The summed E-state index contributed by atoms with van der Waals surface area (Å²) in [7, 11) is 0. The van der Waals surface area contributed by atoms with Crippen molar-refractivity contribution in [3.05, 3.63) is 65.5 Å². The van der Waals surface area contributed by atoms with E-state index in [0.717, 1.165) is 16.8 Å². The highest BCUT2D eigenvalue weighted by molar-refractivity contribution is 5.93. The van der Waals surface area contributed by atoms with Crippen LogP contribution in [0.25, 0.3) is 0 Å². The number of carbonyl (C=O) groups is 2. The van der Waals surface area contributed by atoms with Crippen LogP contribution in [0.3, 0.4) is 0 Å². The molecule has 0 aliphatic heterocycles. The average molecular weight is 399 g/mol. The number of halogens is 1. The van der Waals surface area contributed by atoms with Crippen molar-refractivity contribution in [3.63, 3.8) is 0 Å². The van der Waals surface area contributed by atoms with E-state index in [-0.39, 0.29) is 23.5 Å². The third-order valence-corrected chi connectivity index (χ3v) is 4.46. The van der Waals surface area contributed by atoms with Gasteiger partial charge in [0.25, 0.3) is 0 Å².